The molecule has 2 atom stereocenters. The molecule has 0 amide bonds. The number of hydrogen-bond donors (Lipinski definition) is 1. The van der Waals surface area contributed by atoms with E-state index in [-0.39, 0.29) is 0 Å². The van der Waals surface area contributed by atoms with Gasteiger partial charge in [-0.3, -0.25) is 0 Å². The Morgan fingerprint density at radius 3 is 2.71 bits per heavy atom. The lowest BCUT2D eigenvalue weighted by Gasteiger charge is -2.37. The van der Waals surface area contributed by atoms with Crippen LogP contribution >= 0.6 is 11.6 Å². The van der Waals surface area contributed by atoms with E-state index in [9.17, 15) is 0 Å². The van der Waals surface area contributed by atoms with Crippen molar-refractivity contribution in [1.82, 2.24) is 5.32 Å². The Morgan fingerprint density at radius 1 is 1.14 bits per heavy atom. The molecule has 3 rings (SSSR count). The maximum Gasteiger partial charge on any atom is 0.0440 e. The van der Waals surface area contributed by atoms with Crippen LogP contribution in [0.5, 0.6) is 0 Å². The first kappa shape index (κ1) is 15.4. The average Bonchev–Trinajstić information content (AvgIpc) is 2.43. The van der Waals surface area contributed by atoms with Crippen LogP contribution in [0.25, 0.3) is 0 Å². The van der Waals surface area contributed by atoms with E-state index >= 15 is 0 Å². The van der Waals surface area contributed by atoms with E-state index in [4.69, 9.17) is 11.6 Å². The molecule has 2 saturated carbocycles. The first-order chi connectivity index (χ1) is 10.2. The molecule has 0 spiro atoms. The molecule has 2 aliphatic carbocycles. The first-order valence-corrected chi connectivity index (χ1v) is 9.08. The smallest absolute Gasteiger partial charge is 0.0440 e. The summed E-state index contributed by atoms with van der Waals surface area (Å²) in [6, 6.07) is 9.04. The van der Waals surface area contributed by atoms with Gasteiger partial charge >= 0.3 is 0 Å². The van der Waals surface area contributed by atoms with E-state index in [1.165, 1.54) is 57.1 Å². The summed E-state index contributed by atoms with van der Waals surface area (Å²) >= 11 is 6.28. The maximum absolute atomic E-state index is 6.28. The van der Waals surface area contributed by atoms with Gasteiger partial charge in [0.05, 0.1) is 0 Å². The summed E-state index contributed by atoms with van der Waals surface area (Å²) in [5, 5.41) is 4.70. The summed E-state index contributed by atoms with van der Waals surface area (Å²) < 4.78 is 0. The first-order valence-electron chi connectivity index (χ1n) is 8.70. The summed E-state index contributed by atoms with van der Waals surface area (Å²) in [6.07, 6.45) is 9.69. The number of rotatable bonds is 5. The molecule has 0 heterocycles. The molecule has 0 bridgehead atoms. The zero-order valence-corrected chi connectivity index (χ0v) is 13.9. The summed E-state index contributed by atoms with van der Waals surface area (Å²) in [6.45, 7) is 3.62. The van der Waals surface area contributed by atoms with Crippen LogP contribution in [-0.2, 0) is 0 Å². The van der Waals surface area contributed by atoms with Crippen LogP contribution in [0.15, 0.2) is 24.3 Å². The fraction of sp³-hybridized carbons (Fsp3) is 0.684. The third-order valence-corrected chi connectivity index (χ3v) is 5.86. The molecule has 0 aliphatic heterocycles. The number of nitrogens with one attached hydrogen (secondary N) is 1. The second-order valence-corrected chi connectivity index (χ2v) is 7.67. The van der Waals surface area contributed by atoms with Crippen molar-refractivity contribution in [2.75, 3.05) is 6.54 Å². The predicted octanol–water partition coefficient (Wildman–Crippen LogP) is 5.39. The Balaban J connectivity index is 1.35. The number of halogens is 1. The number of hydrogen-bond acceptors (Lipinski definition) is 1. The third kappa shape index (κ3) is 4.02. The molecule has 0 saturated heterocycles. The second-order valence-electron chi connectivity index (χ2n) is 7.27. The molecule has 1 nitrogen and oxygen atoms in total. The van der Waals surface area contributed by atoms with Crippen molar-refractivity contribution in [2.45, 2.75) is 63.8 Å². The van der Waals surface area contributed by atoms with Crippen molar-refractivity contribution in [3.63, 3.8) is 0 Å². The minimum atomic E-state index is 0.672. The van der Waals surface area contributed by atoms with Gasteiger partial charge in [-0.15, -0.1) is 0 Å². The average molecular weight is 306 g/mol. The van der Waals surface area contributed by atoms with Crippen LogP contribution < -0.4 is 5.32 Å². The van der Waals surface area contributed by atoms with Crippen molar-refractivity contribution in [3.8, 4) is 0 Å². The van der Waals surface area contributed by atoms with Crippen LogP contribution in [0.1, 0.15) is 63.4 Å². The molecular formula is C19H28ClN. The lowest BCUT2D eigenvalue weighted by molar-refractivity contribution is 0.246. The predicted molar refractivity (Wildman–Crippen MR) is 91.0 cm³/mol. The van der Waals surface area contributed by atoms with E-state index in [0.29, 0.717) is 12.0 Å². The molecule has 0 radical (unpaired) electrons. The normalized spacial score (nSPS) is 32.7. The maximum atomic E-state index is 6.28. The quantitative estimate of drug-likeness (QED) is 0.769. The Bertz CT molecular complexity index is 453. The molecule has 1 aromatic carbocycles. The highest BCUT2D eigenvalue weighted by Gasteiger charge is 2.31. The number of benzene rings is 1. The van der Waals surface area contributed by atoms with E-state index in [1.807, 2.05) is 12.1 Å². The van der Waals surface area contributed by atoms with Gasteiger partial charge in [-0.25, -0.2) is 0 Å². The molecular weight excluding hydrogens is 278 g/mol. The van der Waals surface area contributed by atoms with Gasteiger partial charge in [0.1, 0.15) is 0 Å². The summed E-state index contributed by atoms with van der Waals surface area (Å²) in [5.74, 6) is 2.60. The minimum Gasteiger partial charge on any atom is -0.314 e. The lowest BCUT2D eigenvalue weighted by atomic mass is 9.75. The fourth-order valence-corrected chi connectivity index (χ4v) is 4.45. The van der Waals surface area contributed by atoms with E-state index in [1.54, 1.807) is 0 Å². The van der Waals surface area contributed by atoms with Crippen LogP contribution in [0.3, 0.4) is 0 Å². The standard InChI is InChI=1S/C19H28ClN/c1-14-5-4-6-15(11-14)9-10-21-17-12-16(13-17)18-7-2-3-8-19(18)20/h2-3,7-8,14-17,21H,4-6,9-13H2,1H3. The molecule has 2 heteroatoms. The van der Waals surface area contributed by atoms with Gasteiger partial charge in [-0.05, 0) is 61.6 Å². The van der Waals surface area contributed by atoms with Crippen molar-refractivity contribution in [3.05, 3.63) is 34.9 Å². The van der Waals surface area contributed by atoms with E-state index in [2.05, 4.69) is 24.4 Å². The highest BCUT2D eigenvalue weighted by Crippen LogP contribution is 2.40. The van der Waals surface area contributed by atoms with Crippen LogP contribution in [0.4, 0.5) is 0 Å². The zero-order valence-electron chi connectivity index (χ0n) is 13.2. The Kier molecular flexibility index (Phi) is 5.24. The van der Waals surface area contributed by atoms with Gasteiger partial charge in [0.25, 0.3) is 0 Å². The molecule has 21 heavy (non-hydrogen) atoms. The molecule has 116 valence electrons. The fourth-order valence-electron chi connectivity index (χ4n) is 4.16. The summed E-state index contributed by atoms with van der Waals surface area (Å²) in [5.41, 5.74) is 1.35. The molecule has 2 aliphatic rings. The second kappa shape index (κ2) is 7.15. The van der Waals surface area contributed by atoms with Crippen molar-refractivity contribution in [2.24, 2.45) is 11.8 Å². The van der Waals surface area contributed by atoms with Crippen LogP contribution in [0, 0.1) is 11.8 Å². The minimum absolute atomic E-state index is 0.672. The SMILES string of the molecule is CC1CCCC(CCNC2CC(c3ccccc3Cl)C2)C1. The molecule has 2 unspecified atom stereocenters. The van der Waals surface area contributed by atoms with Crippen molar-refractivity contribution < 1.29 is 0 Å². The molecule has 1 aromatic rings. The lowest BCUT2D eigenvalue weighted by Crippen LogP contribution is -2.41. The van der Waals surface area contributed by atoms with Gasteiger partial charge in [0.15, 0.2) is 0 Å². The topological polar surface area (TPSA) is 12.0 Å². The Labute approximate surface area is 134 Å². The van der Waals surface area contributed by atoms with Crippen molar-refractivity contribution >= 4 is 11.6 Å². The van der Waals surface area contributed by atoms with Gasteiger partial charge in [0.2, 0.25) is 0 Å². The van der Waals surface area contributed by atoms with Gasteiger partial charge < -0.3 is 5.32 Å². The molecule has 0 aromatic heterocycles. The van der Waals surface area contributed by atoms with Gasteiger partial charge in [-0.2, -0.15) is 0 Å². The molecule has 1 N–H and O–H groups in total. The Morgan fingerprint density at radius 2 is 1.95 bits per heavy atom. The van der Waals surface area contributed by atoms with Gasteiger partial charge in [-0.1, -0.05) is 56.0 Å². The van der Waals surface area contributed by atoms with Crippen LogP contribution in [-0.4, -0.2) is 12.6 Å². The summed E-state index contributed by atoms with van der Waals surface area (Å²) in [7, 11) is 0. The van der Waals surface area contributed by atoms with Gasteiger partial charge in [0, 0.05) is 11.1 Å². The monoisotopic (exact) mass is 305 g/mol. The Hall–Kier alpha value is -0.530. The van der Waals surface area contributed by atoms with Crippen molar-refractivity contribution in [1.29, 1.82) is 0 Å². The largest absolute Gasteiger partial charge is 0.314 e. The van der Waals surface area contributed by atoms with E-state index < -0.39 is 0 Å². The zero-order chi connectivity index (χ0) is 14.7. The van der Waals surface area contributed by atoms with E-state index in [0.717, 1.165) is 16.9 Å². The highest BCUT2D eigenvalue weighted by atomic mass is 35.5. The third-order valence-electron chi connectivity index (χ3n) is 5.51. The van der Waals surface area contributed by atoms with Crippen LogP contribution in [0.2, 0.25) is 5.02 Å². The highest BCUT2D eigenvalue weighted by molar-refractivity contribution is 6.31. The summed E-state index contributed by atoms with van der Waals surface area (Å²) in [4.78, 5) is 0. The molecule has 2 fully saturated rings.